The number of amides is 1. The van der Waals surface area contributed by atoms with Crippen LogP contribution >= 0.6 is 31.9 Å². The molecular formula is C10H14Br2N4O. The number of aromatic nitrogens is 2. The normalized spacial score (nSPS) is 12.2. The summed E-state index contributed by atoms with van der Waals surface area (Å²) in [5, 5.41) is 2.67. The number of nitrogens with one attached hydrogen (secondary N) is 1. The second kappa shape index (κ2) is 7.03. The minimum Gasteiger partial charge on any atom is -0.327 e. The number of carbonyl (C=O) groups is 1. The monoisotopic (exact) mass is 364 g/mol. The van der Waals surface area contributed by atoms with Gasteiger partial charge in [-0.2, -0.15) is 0 Å². The summed E-state index contributed by atoms with van der Waals surface area (Å²) in [4.78, 5) is 19.8. The van der Waals surface area contributed by atoms with Crippen molar-refractivity contribution in [2.75, 3.05) is 5.32 Å². The summed E-state index contributed by atoms with van der Waals surface area (Å²) < 4.78 is 1.09. The van der Waals surface area contributed by atoms with Gasteiger partial charge in [0, 0.05) is 12.5 Å². The van der Waals surface area contributed by atoms with Crippen molar-refractivity contribution < 1.29 is 4.79 Å². The summed E-state index contributed by atoms with van der Waals surface area (Å²) >= 11 is 6.41. The van der Waals surface area contributed by atoms with E-state index in [1.54, 1.807) is 0 Å². The zero-order valence-electron chi connectivity index (χ0n) is 9.41. The number of hydrogen-bond donors (Lipinski definition) is 2. The molecule has 0 aliphatic rings. The Morgan fingerprint density at radius 2 is 2.29 bits per heavy atom. The van der Waals surface area contributed by atoms with Gasteiger partial charge in [-0.3, -0.25) is 4.79 Å². The molecule has 1 aromatic heterocycles. The number of rotatable bonds is 5. The van der Waals surface area contributed by atoms with Gasteiger partial charge in [0.1, 0.15) is 9.21 Å². The third-order valence-electron chi connectivity index (χ3n) is 2.07. The quantitative estimate of drug-likeness (QED) is 0.839. The van der Waals surface area contributed by atoms with Gasteiger partial charge in [0.25, 0.3) is 0 Å². The molecule has 0 radical (unpaired) electrons. The molecule has 0 saturated heterocycles. The molecule has 94 valence electrons. The highest BCUT2D eigenvalue weighted by atomic mass is 79.9. The second-order valence-corrected chi connectivity index (χ2v) is 5.20. The Morgan fingerprint density at radius 1 is 1.59 bits per heavy atom. The van der Waals surface area contributed by atoms with E-state index in [4.69, 9.17) is 5.73 Å². The standard InChI is InChI=1S/C10H14Br2N4O/c1-2-3-6(13)4-8(17)16-10-9(12)15-7(11)5-14-10/h5-6H,2-4,13H2,1H3,(H,14,16,17). The molecule has 1 aromatic rings. The highest BCUT2D eigenvalue weighted by molar-refractivity contribution is 9.11. The number of hydrogen-bond acceptors (Lipinski definition) is 4. The Hall–Kier alpha value is -0.530. The van der Waals surface area contributed by atoms with Crippen molar-refractivity contribution >= 4 is 43.6 Å². The molecule has 0 saturated carbocycles. The van der Waals surface area contributed by atoms with Gasteiger partial charge in [-0.15, -0.1) is 0 Å². The van der Waals surface area contributed by atoms with Gasteiger partial charge >= 0.3 is 0 Å². The lowest BCUT2D eigenvalue weighted by atomic mass is 10.1. The van der Waals surface area contributed by atoms with Crippen LogP contribution in [0.1, 0.15) is 26.2 Å². The first-order valence-electron chi connectivity index (χ1n) is 5.26. The first-order valence-corrected chi connectivity index (χ1v) is 6.85. The van der Waals surface area contributed by atoms with Crippen LogP contribution in [-0.2, 0) is 4.79 Å². The largest absolute Gasteiger partial charge is 0.327 e. The lowest BCUT2D eigenvalue weighted by molar-refractivity contribution is -0.116. The van der Waals surface area contributed by atoms with Gasteiger partial charge in [-0.05, 0) is 38.3 Å². The smallest absolute Gasteiger partial charge is 0.227 e. The van der Waals surface area contributed by atoms with Gasteiger partial charge in [-0.1, -0.05) is 13.3 Å². The van der Waals surface area contributed by atoms with Gasteiger partial charge in [-0.25, -0.2) is 9.97 Å². The fourth-order valence-corrected chi connectivity index (χ4v) is 2.23. The van der Waals surface area contributed by atoms with E-state index in [2.05, 4.69) is 47.1 Å². The molecule has 0 aliphatic carbocycles. The Morgan fingerprint density at radius 3 is 2.88 bits per heavy atom. The molecule has 0 fully saturated rings. The maximum atomic E-state index is 11.6. The first-order chi connectivity index (χ1) is 8.02. The van der Waals surface area contributed by atoms with Crippen LogP contribution in [0.5, 0.6) is 0 Å². The van der Waals surface area contributed by atoms with Crippen molar-refractivity contribution in [3.05, 3.63) is 15.4 Å². The minimum atomic E-state index is -0.150. The number of nitrogens with zero attached hydrogens (tertiary/aromatic N) is 2. The Bertz CT molecular complexity index is 400. The van der Waals surface area contributed by atoms with Crippen molar-refractivity contribution in [1.82, 2.24) is 9.97 Å². The zero-order valence-corrected chi connectivity index (χ0v) is 12.6. The van der Waals surface area contributed by atoms with Gasteiger partial charge in [0.15, 0.2) is 5.82 Å². The maximum absolute atomic E-state index is 11.6. The first kappa shape index (κ1) is 14.5. The molecule has 0 bridgehead atoms. The highest BCUT2D eigenvalue weighted by Crippen LogP contribution is 2.19. The Labute approximate surface area is 117 Å². The summed E-state index contributed by atoms with van der Waals surface area (Å²) in [6, 6.07) is -0.109. The molecule has 1 amide bonds. The fourth-order valence-electron chi connectivity index (χ4n) is 1.32. The molecular weight excluding hydrogens is 352 g/mol. The van der Waals surface area contributed by atoms with Crippen LogP contribution in [-0.4, -0.2) is 21.9 Å². The average Bonchev–Trinajstić information content (AvgIpc) is 2.22. The predicted molar refractivity (Wildman–Crippen MR) is 73.6 cm³/mol. The van der Waals surface area contributed by atoms with Gasteiger partial charge in [0.2, 0.25) is 5.91 Å². The molecule has 7 heteroatoms. The number of carbonyl (C=O) groups excluding carboxylic acids is 1. The van der Waals surface area contributed by atoms with Crippen molar-refractivity contribution in [3.8, 4) is 0 Å². The van der Waals surface area contributed by atoms with Crippen molar-refractivity contribution in [2.45, 2.75) is 32.2 Å². The van der Waals surface area contributed by atoms with E-state index in [1.165, 1.54) is 6.20 Å². The third kappa shape index (κ3) is 5.10. The molecule has 0 aliphatic heterocycles. The number of nitrogens with two attached hydrogens (primary N) is 1. The second-order valence-electron chi connectivity index (χ2n) is 3.63. The van der Waals surface area contributed by atoms with Crippen LogP contribution in [0.15, 0.2) is 15.4 Å². The number of anilines is 1. The SMILES string of the molecule is CCCC(N)CC(=O)Nc1ncc(Br)nc1Br. The van der Waals surface area contributed by atoms with E-state index in [0.717, 1.165) is 12.8 Å². The average molecular weight is 366 g/mol. The maximum Gasteiger partial charge on any atom is 0.227 e. The summed E-state index contributed by atoms with van der Waals surface area (Å²) in [6.07, 6.45) is 3.61. The molecule has 0 aromatic carbocycles. The summed E-state index contributed by atoms with van der Waals surface area (Å²) in [6.45, 7) is 2.04. The van der Waals surface area contributed by atoms with Crippen LogP contribution < -0.4 is 11.1 Å². The van der Waals surface area contributed by atoms with Crippen LogP contribution in [0.3, 0.4) is 0 Å². The molecule has 17 heavy (non-hydrogen) atoms. The van der Waals surface area contributed by atoms with E-state index < -0.39 is 0 Å². The molecule has 1 heterocycles. The van der Waals surface area contributed by atoms with E-state index >= 15 is 0 Å². The summed E-state index contributed by atoms with van der Waals surface area (Å²) in [7, 11) is 0. The molecule has 1 unspecified atom stereocenters. The number of halogens is 2. The van der Waals surface area contributed by atoms with Crippen LogP contribution in [0, 0.1) is 0 Å². The summed E-state index contributed by atoms with van der Waals surface area (Å²) in [5.74, 6) is 0.255. The predicted octanol–water partition coefficient (Wildman–Crippen LogP) is 2.46. The van der Waals surface area contributed by atoms with Crippen LogP contribution in [0.4, 0.5) is 5.82 Å². The fraction of sp³-hybridized carbons (Fsp3) is 0.500. The minimum absolute atomic E-state index is 0.109. The topological polar surface area (TPSA) is 80.9 Å². The van der Waals surface area contributed by atoms with E-state index in [-0.39, 0.29) is 18.4 Å². The van der Waals surface area contributed by atoms with Gasteiger partial charge in [0.05, 0.1) is 6.20 Å². The van der Waals surface area contributed by atoms with E-state index in [9.17, 15) is 4.79 Å². The molecule has 0 spiro atoms. The Balaban J connectivity index is 2.56. The van der Waals surface area contributed by atoms with E-state index in [1.807, 2.05) is 6.92 Å². The lowest BCUT2D eigenvalue weighted by Crippen LogP contribution is -2.27. The van der Waals surface area contributed by atoms with Crippen LogP contribution in [0.25, 0.3) is 0 Å². The van der Waals surface area contributed by atoms with Crippen molar-refractivity contribution in [3.63, 3.8) is 0 Å². The molecule has 1 rings (SSSR count). The lowest BCUT2D eigenvalue weighted by Gasteiger charge is -2.10. The van der Waals surface area contributed by atoms with E-state index in [0.29, 0.717) is 15.0 Å². The van der Waals surface area contributed by atoms with Crippen molar-refractivity contribution in [1.29, 1.82) is 0 Å². The molecule has 3 N–H and O–H groups in total. The van der Waals surface area contributed by atoms with Crippen molar-refractivity contribution in [2.24, 2.45) is 5.73 Å². The van der Waals surface area contributed by atoms with Gasteiger partial charge < -0.3 is 11.1 Å². The molecule has 5 nitrogen and oxygen atoms in total. The molecule has 1 atom stereocenters. The zero-order chi connectivity index (χ0) is 12.8. The highest BCUT2D eigenvalue weighted by Gasteiger charge is 2.11. The third-order valence-corrected chi connectivity index (χ3v) is 3.00. The Kier molecular flexibility index (Phi) is 6.01. The van der Waals surface area contributed by atoms with Crippen LogP contribution in [0.2, 0.25) is 0 Å². The summed E-state index contributed by atoms with van der Waals surface area (Å²) in [5.41, 5.74) is 5.78.